The Labute approximate surface area is 91.1 Å². The van der Waals surface area contributed by atoms with Crippen molar-refractivity contribution in [3.8, 4) is 0 Å². The van der Waals surface area contributed by atoms with Crippen molar-refractivity contribution in [1.29, 1.82) is 0 Å². The lowest BCUT2D eigenvalue weighted by Gasteiger charge is -2.16. The summed E-state index contributed by atoms with van der Waals surface area (Å²) >= 11 is 3.46. The smallest absolute Gasteiger partial charge is 0.310 e. The summed E-state index contributed by atoms with van der Waals surface area (Å²) in [5, 5.41) is 9.12. The van der Waals surface area contributed by atoms with Crippen LogP contribution in [0.4, 0.5) is 0 Å². The molecular formula is C11H11BrO2. The van der Waals surface area contributed by atoms with Gasteiger partial charge < -0.3 is 5.11 Å². The fraction of sp³-hybridized carbons (Fsp3) is 0.364. The molecule has 1 aliphatic carbocycles. The van der Waals surface area contributed by atoms with Gasteiger partial charge in [0.25, 0.3) is 0 Å². The monoisotopic (exact) mass is 254 g/mol. The number of benzene rings is 1. The third-order valence-electron chi connectivity index (χ3n) is 2.88. The number of rotatable bonds is 1. The topological polar surface area (TPSA) is 37.3 Å². The molecule has 1 aromatic carbocycles. The first-order chi connectivity index (χ1) is 6.53. The molecule has 2 rings (SSSR count). The van der Waals surface area contributed by atoms with Crippen LogP contribution in [0.1, 0.15) is 18.1 Å². The van der Waals surface area contributed by atoms with E-state index in [2.05, 4.69) is 15.9 Å². The molecule has 0 aliphatic heterocycles. The molecule has 1 N–H and O–H groups in total. The van der Waals surface area contributed by atoms with Crippen LogP contribution in [0.2, 0.25) is 0 Å². The first-order valence-corrected chi connectivity index (χ1v) is 5.32. The lowest BCUT2D eigenvalue weighted by Crippen LogP contribution is -2.27. The number of fused-ring (bicyclic) bond motifs is 1. The molecular weight excluding hydrogens is 244 g/mol. The molecule has 1 aromatic rings. The van der Waals surface area contributed by atoms with Gasteiger partial charge in [-0.3, -0.25) is 4.79 Å². The molecule has 0 fully saturated rings. The number of halogens is 1. The summed E-state index contributed by atoms with van der Waals surface area (Å²) < 4.78 is 1.03. The van der Waals surface area contributed by atoms with Gasteiger partial charge in [0.05, 0.1) is 5.41 Å². The zero-order valence-electron chi connectivity index (χ0n) is 7.88. The highest BCUT2D eigenvalue weighted by Crippen LogP contribution is 2.39. The fourth-order valence-electron chi connectivity index (χ4n) is 1.99. The van der Waals surface area contributed by atoms with Crippen molar-refractivity contribution >= 4 is 21.9 Å². The molecule has 0 bridgehead atoms. The van der Waals surface area contributed by atoms with Gasteiger partial charge in [-0.1, -0.05) is 28.1 Å². The molecule has 1 unspecified atom stereocenters. The van der Waals surface area contributed by atoms with Crippen molar-refractivity contribution in [3.05, 3.63) is 33.8 Å². The Morgan fingerprint density at radius 2 is 2.21 bits per heavy atom. The summed E-state index contributed by atoms with van der Waals surface area (Å²) in [6, 6.07) is 5.93. The maximum atomic E-state index is 11.1. The van der Waals surface area contributed by atoms with Crippen molar-refractivity contribution < 1.29 is 9.90 Å². The molecule has 74 valence electrons. The van der Waals surface area contributed by atoms with Gasteiger partial charge in [0.15, 0.2) is 0 Å². The van der Waals surface area contributed by atoms with Crippen LogP contribution >= 0.6 is 15.9 Å². The Morgan fingerprint density at radius 3 is 2.79 bits per heavy atom. The molecule has 0 amide bonds. The first-order valence-electron chi connectivity index (χ1n) is 4.52. The number of aliphatic carboxylic acids is 1. The summed E-state index contributed by atoms with van der Waals surface area (Å²) in [7, 11) is 0. The second-order valence-corrected chi connectivity index (χ2v) is 4.95. The molecule has 2 nitrogen and oxygen atoms in total. The molecule has 0 saturated carbocycles. The highest BCUT2D eigenvalue weighted by Gasteiger charge is 2.40. The normalized spacial score (nSPS) is 24.7. The van der Waals surface area contributed by atoms with E-state index in [-0.39, 0.29) is 0 Å². The molecule has 1 atom stereocenters. The Kier molecular flexibility index (Phi) is 2.14. The fourth-order valence-corrected chi connectivity index (χ4v) is 2.54. The molecule has 0 spiro atoms. The maximum absolute atomic E-state index is 11.1. The number of carboxylic acids is 1. The van der Waals surface area contributed by atoms with Crippen LogP contribution in [0.15, 0.2) is 22.7 Å². The van der Waals surface area contributed by atoms with Crippen LogP contribution in [0.5, 0.6) is 0 Å². The zero-order valence-corrected chi connectivity index (χ0v) is 9.47. The van der Waals surface area contributed by atoms with E-state index in [0.29, 0.717) is 12.8 Å². The third kappa shape index (κ3) is 1.36. The quantitative estimate of drug-likeness (QED) is 0.837. The van der Waals surface area contributed by atoms with E-state index in [4.69, 9.17) is 5.11 Å². The van der Waals surface area contributed by atoms with Crippen molar-refractivity contribution in [2.24, 2.45) is 5.41 Å². The first kappa shape index (κ1) is 9.71. The van der Waals surface area contributed by atoms with Crippen LogP contribution < -0.4 is 0 Å². The minimum atomic E-state index is -0.708. The van der Waals surface area contributed by atoms with E-state index in [1.807, 2.05) is 25.1 Å². The Hall–Kier alpha value is -0.830. The van der Waals surface area contributed by atoms with Crippen molar-refractivity contribution in [2.75, 3.05) is 0 Å². The minimum absolute atomic E-state index is 0.619. The summed E-state index contributed by atoms with van der Waals surface area (Å²) in [6.07, 6.45) is 1.26. The highest BCUT2D eigenvalue weighted by molar-refractivity contribution is 9.10. The lowest BCUT2D eigenvalue weighted by atomic mass is 9.88. The highest BCUT2D eigenvalue weighted by atomic mass is 79.9. The summed E-state index contributed by atoms with van der Waals surface area (Å²) in [6.45, 7) is 1.81. The van der Waals surface area contributed by atoms with Gasteiger partial charge in [-0.05, 0) is 37.0 Å². The average Bonchev–Trinajstić information content (AvgIpc) is 2.45. The van der Waals surface area contributed by atoms with Gasteiger partial charge >= 0.3 is 5.97 Å². The van der Waals surface area contributed by atoms with Gasteiger partial charge in [-0.2, -0.15) is 0 Å². The van der Waals surface area contributed by atoms with Crippen LogP contribution in [-0.4, -0.2) is 11.1 Å². The Bertz CT molecular complexity index is 400. The van der Waals surface area contributed by atoms with Gasteiger partial charge in [-0.15, -0.1) is 0 Å². The van der Waals surface area contributed by atoms with Crippen LogP contribution in [0.3, 0.4) is 0 Å². The minimum Gasteiger partial charge on any atom is -0.481 e. The Balaban J connectivity index is 2.44. The summed E-state index contributed by atoms with van der Waals surface area (Å²) in [5.41, 5.74) is 1.69. The number of hydrogen-bond acceptors (Lipinski definition) is 1. The number of hydrogen-bond donors (Lipinski definition) is 1. The number of carbonyl (C=O) groups is 1. The summed E-state index contributed by atoms with van der Waals surface area (Å²) in [5.74, 6) is -0.708. The van der Waals surface area contributed by atoms with Gasteiger partial charge in [0.2, 0.25) is 0 Å². The predicted molar refractivity (Wildman–Crippen MR) is 57.3 cm³/mol. The third-order valence-corrected chi connectivity index (χ3v) is 3.62. The van der Waals surface area contributed by atoms with Gasteiger partial charge in [0.1, 0.15) is 0 Å². The molecule has 3 heteroatoms. The van der Waals surface area contributed by atoms with Crippen molar-refractivity contribution in [1.82, 2.24) is 0 Å². The van der Waals surface area contributed by atoms with E-state index >= 15 is 0 Å². The van der Waals surface area contributed by atoms with Gasteiger partial charge in [0, 0.05) is 4.47 Å². The van der Waals surface area contributed by atoms with Crippen LogP contribution in [0, 0.1) is 5.41 Å². The van der Waals surface area contributed by atoms with Crippen LogP contribution in [0.25, 0.3) is 0 Å². The Morgan fingerprint density at radius 1 is 1.50 bits per heavy atom. The molecule has 0 aromatic heterocycles. The lowest BCUT2D eigenvalue weighted by molar-refractivity contribution is -0.147. The zero-order chi connectivity index (χ0) is 10.3. The van der Waals surface area contributed by atoms with E-state index in [9.17, 15) is 4.79 Å². The number of carboxylic acid groups (broad SMARTS) is 1. The molecule has 0 radical (unpaired) electrons. The average molecular weight is 255 g/mol. The maximum Gasteiger partial charge on any atom is 0.310 e. The molecule has 1 aliphatic rings. The van der Waals surface area contributed by atoms with E-state index in [0.717, 1.165) is 15.6 Å². The SMILES string of the molecule is CC1(C(=O)O)Cc2cccc(Br)c2C1. The van der Waals surface area contributed by atoms with Gasteiger partial charge in [-0.25, -0.2) is 0 Å². The predicted octanol–water partition coefficient (Wildman–Crippen LogP) is 2.64. The second kappa shape index (κ2) is 3.09. The molecule has 14 heavy (non-hydrogen) atoms. The van der Waals surface area contributed by atoms with Crippen molar-refractivity contribution in [3.63, 3.8) is 0 Å². The van der Waals surface area contributed by atoms with Crippen molar-refractivity contribution in [2.45, 2.75) is 19.8 Å². The second-order valence-electron chi connectivity index (χ2n) is 4.10. The van der Waals surface area contributed by atoms with Crippen LogP contribution in [-0.2, 0) is 17.6 Å². The summed E-state index contributed by atoms with van der Waals surface area (Å²) in [4.78, 5) is 11.1. The largest absolute Gasteiger partial charge is 0.481 e. The molecule has 0 heterocycles. The standard InChI is InChI=1S/C11H11BrO2/c1-11(10(13)14)5-7-3-2-4-9(12)8(7)6-11/h2-4H,5-6H2,1H3,(H,13,14). The van der Waals surface area contributed by atoms with E-state index in [1.54, 1.807) is 0 Å². The van der Waals surface area contributed by atoms with E-state index < -0.39 is 11.4 Å². The molecule has 0 saturated heterocycles. The van der Waals surface area contributed by atoms with E-state index in [1.165, 1.54) is 0 Å².